The maximum absolute atomic E-state index is 12.2. The highest BCUT2D eigenvalue weighted by Gasteiger charge is 2.30. The van der Waals surface area contributed by atoms with Crippen molar-refractivity contribution in [3.05, 3.63) is 42.0 Å². The largest absolute Gasteiger partial charge is 0.463 e. The van der Waals surface area contributed by atoms with Crippen molar-refractivity contribution in [2.45, 2.75) is 0 Å². The van der Waals surface area contributed by atoms with Crippen LogP contribution in [0.25, 0.3) is 11.1 Å². The van der Waals surface area contributed by atoms with Crippen molar-refractivity contribution in [3.8, 4) is 16.9 Å². The van der Waals surface area contributed by atoms with Crippen LogP contribution < -0.4 is 4.74 Å². The number of Topliss-reactive ketones (excluding diaryl/α,β-unsaturated/α-hetero) is 1. The molecule has 0 saturated heterocycles. The third-order valence-corrected chi connectivity index (χ3v) is 3.00. The Morgan fingerprint density at radius 2 is 2.15 bits per heavy atom. The normalized spacial score (nSPS) is 14.8. The second-order valence-electron chi connectivity index (χ2n) is 4.02. The number of halogens is 1. The molecule has 100 valence electrons. The number of rotatable bonds is 2. The van der Waals surface area contributed by atoms with Crippen LogP contribution in [0.1, 0.15) is 16.1 Å². The molecule has 1 aliphatic carbocycles. The second kappa shape index (κ2) is 4.69. The van der Waals surface area contributed by atoms with Gasteiger partial charge in [-0.25, -0.2) is 14.4 Å². The van der Waals surface area contributed by atoms with Gasteiger partial charge in [0.1, 0.15) is 17.8 Å². The summed E-state index contributed by atoms with van der Waals surface area (Å²) in [6.45, 7) is -0.964. The Morgan fingerprint density at radius 1 is 1.30 bits per heavy atom. The Morgan fingerprint density at radius 3 is 2.90 bits per heavy atom. The quantitative estimate of drug-likeness (QED) is 0.666. The Kier molecular flexibility index (Phi) is 2.86. The van der Waals surface area contributed by atoms with E-state index in [1.807, 2.05) is 0 Å². The molecule has 1 heterocycles. The van der Waals surface area contributed by atoms with E-state index in [1.165, 1.54) is 30.7 Å². The van der Waals surface area contributed by atoms with Crippen LogP contribution in [0, 0.1) is 0 Å². The molecule has 0 unspecified atom stereocenters. The van der Waals surface area contributed by atoms with E-state index < -0.39 is 12.6 Å². The van der Waals surface area contributed by atoms with Gasteiger partial charge in [-0.2, -0.15) is 0 Å². The molecule has 0 atom stereocenters. The first-order valence-corrected chi connectivity index (χ1v) is 5.66. The number of fused-ring (bicyclic) bond motifs is 3. The molecule has 1 aromatic heterocycles. The van der Waals surface area contributed by atoms with Gasteiger partial charge in [-0.3, -0.25) is 4.79 Å². The number of nitrogens with zero attached hydrogens (tertiary/aromatic N) is 3. The molecular weight excluding hydrogens is 265 g/mol. The summed E-state index contributed by atoms with van der Waals surface area (Å²) < 4.78 is 17.0. The average Bonchev–Trinajstić information content (AvgIpc) is 2.48. The topological polar surface area (TPSA) is 84.7 Å². The van der Waals surface area contributed by atoms with Crippen LogP contribution in [-0.4, -0.2) is 33.5 Å². The van der Waals surface area contributed by atoms with Gasteiger partial charge in [0.15, 0.2) is 5.71 Å². The number of oxime groups is 1. The van der Waals surface area contributed by atoms with E-state index in [0.717, 1.165) is 0 Å². The molecule has 2 aromatic rings. The second-order valence-corrected chi connectivity index (χ2v) is 4.02. The summed E-state index contributed by atoms with van der Waals surface area (Å²) in [6.07, 6.45) is 2.75. The first kappa shape index (κ1) is 12.2. The van der Waals surface area contributed by atoms with Crippen LogP contribution in [-0.2, 0) is 0 Å². The number of ether oxygens (including phenoxy) is 1. The number of ketones is 1. The standard InChI is InChI=1S/C13H8FN3O3/c14-5-20-7-1-2-8-9(3-7)10-4-15-6-16-11(10)12(17-19)13(8)18/h1-4,6,19H,5H2. The minimum atomic E-state index is -0.964. The highest BCUT2D eigenvalue weighted by Crippen LogP contribution is 2.34. The fraction of sp³-hybridized carbons (Fsp3) is 0.0769. The lowest BCUT2D eigenvalue weighted by Crippen LogP contribution is -2.23. The monoisotopic (exact) mass is 273 g/mol. The molecule has 0 spiro atoms. The maximum Gasteiger partial charge on any atom is 0.228 e. The molecule has 0 fully saturated rings. The number of benzene rings is 1. The van der Waals surface area contributed by atoms with E-state index in [9.17, 15) is 9.18 Å². The van der Waals surface area contributed by atoms with E-state index in [1.54, 1.807) is 0 Å². The molecular formula is C13H8FN3O3. The van der Waals surface area contributed by atoms with E-state index >= 15 is 0 Å². The lowest BCUT2D eigenvalue weighted by atomic mass is 9.87. The van der Waals surface area contributed by atoms with Crippen molar-refractivity contribution in [1.82, 2.24) is 9.97 Å². The number of alkyl halides is 1. The molecule has 7 heteroatoms. The molecule has 20 heavy (non-hydrogen) atoms. The summed E-state index contributed by atoms with van der Waals surface area (Å²) in [5.74, 6) is -0.168. The van der Waals surface area contributed by atoms with Gasteiger partial charge in [0.2, 0.25) is 12.6 Å². The fourth-order valence-corrected chi connectivity index (χ4v) is 2.14. The van der Waals surface area contributed by atoms with Crippen LogP contribution in [0.4, 0.5) is 4.39 Å². The van der Waals surface area contributed by atoms with E-state index in [4.69, 9.17) is 9.94 Å². The zero-order valence-corrected chi connectivity index (χ0v) is 10.1. The van der Waals surface area contributed by atoms with Gasteiger partial charge in [-0.05, 0) is 18.2 Å². The maximum atomic E-state index is 12.2. The van der Waals surface area contributed by atoms with Gasteiger partial charge in [0, 0.05) is 22.9 Å². The Labute approximate surface area is 112 Å². The molecule has 6 nitrogen and oxygen atoms in total. The molecule has 1 aliphatic rings. The highest BCUT2D eigenvalue weighted by molar-refractivity contribution is 6.54. The van der Waals surface area contributed by atoms with Gasteiger partial charge in [-0.1, -0.05) is 5.16 Å². The summed E-state index contributed by atoms with van der Waals surface area (Å²) in [5, 5.41) is 12.0. The Bertz CT molecular complexity index is 731. The summed E-state index contributed by atoms with van der Waals surface area (Å²) in [5.41, 5.74) is 1.46. The van der Waals surface area contributed by atoms with Crippen LogP contribution in [0.15, 0.2) is 35.9 Å². The first-order valence-electron chi connectivity index (χ1n) is 5.66. The zero-order valence-electron chi connectivity index (χ0n) is 10.1. The lowest BCUT2D eigenvalue weighted by molar-refractivity contribution is 0.106. The summed E-state index contributed by atoms with van der Waals surface area (Å²) in [4.78, 5) is 20.1. The SMILES string of the molecule is O=C1C(=NO)c2ncncc2-c2cc(OCF)ccc21. The number of hydrogen-bond acceptors (Lipinski definition) is 6. The molecule has 1 aromatic carbocycles. The lowest BCUT2D eigenvalue weighted by Gasteiger charge is -2.18. The minimum absolute atomic E-state index is 0.144. The minimum Gasteiger partial charge on any atom is -0.463 e. The fourth-order valence-electron chi connectivity index (χ4n) is 2.14. The molecule has 0 saturated carbocycles. The molecule has 3 rings (SSSR count). The van der Waals surface area contributed by atoms with Gasteiger partial charge < -0.3 is 9.94 Å². The third kappa shape index (κ3) is 1.71. The average molecular weight is 273 g/mol. The van der Waals surface area contributed by atoms with Crippen molar-refractivity contribution >= 4 is 11.5 Å². The number of hydrogen-bond donors (Lipinski definition) is 1. The molecule has 0 aliphatic heterocycles. The molecule has 0 amide bonds. The predicted molar refractivity (Wildman–Crippen MR) is 66.7 cm³/mol. The summed E-state index contributed by atoms with van der Waals surface area (Å²) >= 11 is 0. The zero-order chi connectivity index (χ0) is 14.1. The van der Waals surface area contributed by atoms with E-state index in [2.05, 4.69) is 15.1 Å². The molecule has 0 bridgehead atoms. The third-order valence-electron chi connectivity index (χ3n) is 3.00. The first-order chi connectivity index (χ1) is 9.76. The highest BCUT2D eigenvalue weighted by atomic mass is 19.1. The van der Waals surface area contributed by atoms with Gasteiger partial charge >= 0.3 is 0 Å². The van der Waals surface area contributed by atoms with Gasteiger partial charge in [0.05, 0.1) is 0 Å². The van der Waals surface area contributed by atoms with Crippen molar-refractivity contribution in [2.24, 2.45) is 5.16 Å². The number of aromatic nitrogens is 2. The molecule has 0 radical (unpaired) electrons. The van der Waals surface area contributed by atoms with Crippen LogP contribution in [0.5, 0.6) is 5.75 Å². The van der Waals surface area contributed by atoms with Crippen molar-refractivity contribution in [3.63, 3.8) is 0 Å². The number of carbonyl (C=O) groups excluding carboxylic acids is 1. The van der Waals surface area contributed by atoms with Gasteiger partial charge in [0.25, 0.3) is 0 Å². The summed E-state index contributed by atoms with van der Waals surface area (Å²) in [6, 6.07) is 4.49. The van der Waals surface area contributed by atoms with E-state index in [-0.39, 0.29) is 11.4 Å². The summed E-state index contributed by atoms with van der Waals surface area (Å²) in [7, 11) is 0. The van der Waals surface area contributed by atoms with E-state index in [0.29, 0.717) is 22.4 Å². The predicted octanol–water partition coefficient (Wildman–Crippen LogP) is 1.82. The number of carbonyl (C=O) groups is 1. The molecule has 1 N–H and O–H groups in total. The Balaban J connectivity index is 2.27. The Hall–Kier alpha value is -2.83. The van der Waals surface area contributed by atoms with Crippen LogP contribution in [0.2, 0.25) is 0 Å². The van der Waals surface area contributed by atoms with Crippen LogP contribution >= 0.6 is 0 Å². The van der Waals surface area contributed by atoms with Crippen molar-refractivity contribution < 1.29 is 19.1 Å². The van der Waals surface area contributed by atoms with Crippen molar-refractivity contribution in [1.29, 1.82) is 0 Å². The van der Waals surface area contributed by atoms with Crippen LogP contribution in [0.3, 0.4) is 0 Å². The van der Waals surface area contributed by atoms with Crippen molar-refractivity contribution in [2.75, 3.05) is 6.86 Å². The smallest absolute Gasteiger partial charge is 0.228 e. The van der Waals surface area contributed by atoms with Gasteiger partial charge in [-0.15, -0.1) is 0 Å².